The van der Waals surface area contributed by atoms with Gasteiger partial charge in [0.05, 0.1) is 0 Å². The molecule has 0 aliphatic heterocycles. The fraction of sp³-hybridized carbons (Fsp3) is 0.368. The number of benzene rings is 1. The summed E-state index contributed by atoms with van der Waals surface area (Å²) in [6.07, 6.45) is 2.71. The van der Waals surface area contributed by atoms with Crippen LogP contribution in [0.1, 0.15) is 62.0 Å². The van der Waals surface area contributed by atoms with Gasteiger partial charge in [-0.1, -0.05) is 24.3 Å². The van der Waals surface area contributed by atoms with Gasteiger partial charge >= 0.3 is 5.97 Å². The minimum atomic E-state index is -0.747. The Balaban J connectivity index is 1.94. The van der Waals surface area contributed by atoms with E-state index in [9.17, 15) is 9.59 Å². The van der Waals surface area contributed by atoms with Crippen molar-refractivity contribution in [2.75, 3.05) is 0 Å². The van der Waals surface area contributed by atoms with Crippen LogP contribution in [0.3, 0.4) is 0 Å². The highest BCUT2D eigenvalue weighted by Gasteiger charge is 2.31. The van der Waals surface area contributed by atoms with E-state index in [0.717, 1.165) is 40.0 Å². The Morgan fingerprint density at radius 2 is 2.00 bits per heavy atom. The zero-order valence-corrected chi connectivity index (χ0v) is 14.2. The first kappa shape index (κ1) is 15.9. The number of hydrogen-bond donors (Lipinski definition) is 1. The average Bonchev–Trinajstić information content (AvgIpc) is 3.03. The second-order valence-electron chi connectivity index (χ2n) is 6.19. The summed E-state index contributed by atoms with van der Waals surface area (Å²) >= 11 is 1.68. The molecule has 4 heteroatoms. The lowest BCUT2D eigenvalue weighted by Gasteiger charge is -2.06. The van der Waals surface area contributed by atoms with Crippen molar-refractivity contribution in [3.05, 3.63) is 56.3 Å². The van der Waals surface area contributed by atoms with Crippen molar-refractivity contribution in [2.45, 2.75) is 45.4 Å². The van der Waals surface area contributed by atoms with Gasteiger partial charge in [0.1, 0.15) is 0 Å². The Hall–Kier alpha value is -1.94. The Labute approximate surface area is 140 Å². The predicted octanol–water partition coefficient (Wildman–Crippen LogP) is 4.49. The van der Waals surface area contributed by atoms with Crippen LogP contribution in [0.2, 0.25) is 0 Å². The van der Waals surface area contributed by atoms with Gasteiger partial charge in [-0.05, 0) is 50.2 Å². The number of carboxylic acids is 1. The van der Waals surface area contributed by atoms with Gasteiger partial charge in [0.15, 0.2) is 5.78 Å². The first-order chi connectivity index (χ1) is 11.0. The van der Waals surface area contributed by atoms with Crippen LogP contribution in [0.5, 0.6) is 0 Å². The topological polar surface area (TPSA) is 54.4 Å². The summed E-state index contributed by atoms with van der Waals surface area (Å²) in [6.45, 7) is 3.97. The van der Waals surface area contributed by atoms with E-state index in [2.05, 4.69) is 0 Å². The molecule has 0 radical (unpaired) electrons. The summed E-state index contributed by atoms with van der Waals surface area (Å²) in [5.41, 5.74) is 3.79. The van der Waals surface area contributed by atoms with Crippen LogP contribution in [0, 0.1) is 13.8 Å². The van der Waals surface area contributed by atoms with E-state index in [4.69, 9.17) is 5.11 Å². The molecule has 120 valence electrons. The standard InChI is InChI=1S/C19H20O3S/c1-11-5-3-4-6-14(11)18(22)17-12(2)23-19-13(7-9-15(17)19)8-10-16(20)21/h3-6,13H,7-10H2,1-2H3,(H,20,21). The third kappa shape index (κ3) is 2.95. The monoisotopic (exact) mass is 328 g/mol. The van der Waals surface area contributed by atoms with E-state index in [1.54, 1.807) is 11.3 Å². The van der Waals surface area contributed by atoms with E-state index in [-0.39, 0.29) is 12.2 Å². The van der Waals surface area contributed by atoms with Crippen molar-refractivity contribution in [3.8, 4) is 0 Å². The number of aryl methyl sites for hydroxylation is 2. The SMILES string of the molecule is Cc1ccccc1C(=O)c1c(C)sc2c1CCC2CCC(=O)O. The molecule has 1 unspecified atom stereocenters. The van der Waals surface area contributed by atoms with Gasteiger partial charge in [0.2, 0.25) is 0 Å². The molecule has 3 rings (SSSR count). The van der Waals surface area contributed by atoms with Gasteiger partial charge in [-0.15, -0.1) is 11.3 Å². The second kappa shape index (κ2) is 6.28. The first-order valence-electron chi connectivity index (χ1n) is 7.93. The Kier molecular flexibility index (Phi) is 4.35. The van der Waals surface area contributed by atoms with Crippen LogP contribution >= 0.6 is 11.3 Å². The van der Waals surface area contributed by atoms with Crippen LogP contribution in [0.4, 0.5) is 0 Å². The average molecular weight is 328 g/mol. The Morgan fingerprint density at radius 1 is 1.26 bits per heavy atom. The molecule has 1 heterocycles. The fourth-order valence-electron chi connectivity index (χ4n) is 3.47. The zero-order valence-electron chi connectivity index (χ0n) is 13.4. The number of rotatable bonds is 5. The molecule has 0 saturated carbocycles. The van der Waals surface area contributed by atoms with E-state index < -0.39 is 5.97 Å². The minimum Gasteiger partial charge on any atom is -0.481 e. The summed E-state index contributed by atoms with van der Waals surface area (Å²) < 4.78 is 0. The maximum absolute atomic E-state index is 13.0. The highest BCUT2D eigenvalue weighted by Crippen LogP contribution is 2.45. The number of carbonyl (C=O) groups is 2. The number of aliphatic carboxylic acids is 1. The molecule has 1 N–H and O–H groups in total. The van der Waals surface area contributed by atoms with Crippen LogP contribution in [-0.2, 0) is 11.2 Å². The maximum atomic E-state index is 13.0. The van der Waals surface area contributed by atoms with Crippen LogP contribution in [0.15, 0.2) is 24.3 Å². The van der Waals surface area contributed by atoms with Gasteiger partial charge in [-0.3, -0.25) is 9.59 Å². The van der Waals surface area contributed by atoms with Crippen molar-refractivity contribution >= 4 is 23.1 Å². The first-order valence-corrected chi connectivity index (χ1v) is 8.75. The lowest BCUT2D eigenvalue weighted by molar-refractivity contribution is -0.137. The van der Waals surface area contributed by atoms with Crippen molar-refractivity contribution < 1.29 is 14.7 Å². The molecule has 0 fully saturated rings. The number of carboxylic acid groups (broad SMARTS) is 1. The Bertz CT molecular complexity index is 773. The smallest absolute Gasteiger partial charge is 0.303 e. The van der Waals surface area contributed by atoms with Crippen molar-refractivity contribution in [3.63, 3.8) is 0 Å². The van der Waals surface area contributed by atoms with Crippen molar-refractivity contribution in [2.24, 2.45) is 0 Å². The summed E-state index contributed by atoms with van der Waals surface area (Å²) in [5.74, 6) is -0.344. The molecule has 1 aliphatic rings. The van der Waals surface area contributed by atoms with Gasteiger partial charge < -0.3 is 5.11 Å². The predicted molar refractivity (Wildman–Crippen MR) is 91.6 cm³/mol. The Morgan fingerprint density at radius 3 is 2.70 bits per heavy atom. The third-order valence-electron chi connectivity index (χ3n) is 4.65. The second-order valence-corrected chi connectivity index (χ2v) is 7.44. The molecular weight excluding hydrogens is 308 g/mol. The molecular formula is C19H20O3S. The summed E-state index contributed by atoms with van der Waals surface area (Å²) in [6, 6.07) is 7.69. The third-order valence-corrected chi connectivity index (χ3v) is 5.96. The summed E-state index contributed by atoms with van der Waals surface area (Å²) in [4.78, 5) is 26.1. The number of hydrogen-bond acceptors (Lipinski definition) is 3. The van der Waals surface area contributed by atoms with Crippen LogP contribution < -0.4 is 0 Å². The zero-order chi connectivity index (χ0) is 16.6. The van der Waals surface area contributed by atoms with E-state index in [0.29, 0.717) is 12.3 Å². The molecule has 2 aromatic rings. The molecule has 1 aromatic carbocycles. The van der Waals surface area contributed by atoms with Gasteiger partial charge in [0, 0.05) is 27.3 Å². The minimum absolute atomic E-state index is 0.108. The number of fused-ring (bicyclic) bond motifs is 1. The van der Waals surface area contributed by atoms with Crippen LogP contribution in [0.25, 0.3) is 0 Å². The van der Waals surface area contributed by atoms with Crippen molar-refractivity contribution in [1.29, 1.82) is 0 Å². The summed E-state index contributed by atoms with van der Waals surface area (Å²) in [7, 11) is 0. The summed E-state index contributed by atoms with van der Waals surface area (Å²) in [5, 5.41) is 8.90. The molecule has 0 amide bonds. The number of ketones is 1. The molecule has 0 spiro atoms. The van der Waals surface area contributed by atoms with Crippen LogP contribution in [-0.4, -0.2) is 16.9 Å². The lowest BCUT2D eigenvalue weighted by Crippen LogP contribution is -2.06. The van der Waals surface area contributed by atoms with Gasteiger partial charge in [0.25, 0.3) is 0 Å². The number of carbonyl (C=O) groups excluding carboxylic acids is 1. The molecule has 1 aliphatic carbocycles. The molecule has 0 saturated heterocycles. The quantitative estimate of drug-likeness (QED) is 0.823. The highest BCUT2D eigenvalue weighted by atomic mass is 32.1. The van der Waals surface area contributed by atoms with E-state index >= 15 is 0 Å². The molecule has 3 nitrogen and oxygen atoms in total. The molecule has 1 atom stereocenters. The normalized spacial score (nSPS) is 16.3. The van der Waals surface area contributed by atoms with E-state index in [1.165, 1.54) is 4.88 Å². The van der Waals surface area contributed by atoms with Crippen molar-refractivity contribution in [1.82, 2.24) is 0 Å². The van der Waals surface area contributed by atoms with Gasteiger partial charge in [-0.25, -0.2) is 0 Å². The molecule has 23 heavy (non-hydrogen) atoms. The lowest BCUT2D eigenvalue weighted by atomic mass is 9.96. The number of thiophene rings is 1. The molecule has 1 aromatic heterocycles. The maximum Gasteiger partial charge on any atom is 0.303 e. The molecule has 0 bridgehead atoms. The largest absolute Gasteiger partial charge is 0.481 e. The van der Waals surface area contributed by atoms with Gasteiger partial charge in [-0.2, -0.15) is 0 Å². The van der Waals surface area contributed by atoms with E-state index in [1.807, 2.05) is 38.1 Å². The highest BCUT2D eigenvalue weighted by molar-refractivity contribution is 7.12. The fourth-order valence-corrected chi connectivity index (χ4v) is 4.85.